The Labute approximate surface area is 97.2 Å². The second-order valence-electron chi connectivity index (χ2n) is 3.54. The van der Waals surface area contributed by atoms with E-state index in [1.165, 1.54) is 4.90 Å². The zero-order valence-electron chi connectivity index (χ0n) is 8.51. The van der Waals surface area contributed by atoms with Crippen LogP contribution in [0.5, 0.6) is 0 Å². The number of carbonyl (C=O) groups is 1. The highest BCUT2D eigenvalue weighted by Gasteiger charge is 2.30. The van der Waals surface area contributed by atoms with Gasteiger partial charge in [-0.05, 0) is 12.2 Å². The number of nitrogens with zero attached hydrogens (tertiary/aromatic N) is 3. The summed E-state index contributed by atoms with van der Waals surface area (Å²) in [7, 11) is 0. The van der Waals surface area contributed by atoms with Gasteiger partial charge in [0, 0.05) is 18.9 Å². The first-order chi connectivity index (χ1) is 7.60. The molecule has 2 heterocycles. The Balaban J connectivity index is 2.34. The summed E-state index contributed by atoms with van der Waals surface area (Å²) in [5.74, 6) is 0.635. The van der Waals surface area contributed by atoms with Gasteiger partial charge in [-0.25, -0.2) is 0 Å². The van der Waals surface area contributed by atoms with Crippen LogP contribution < -0.4 is 10.6 Å². The number of aromatic nitrogens is 3. The minimum atomic E-state index is -0.0198. The molecule has 0 spiro atoms. The van der Waals surface area contributed by atoms with Crippen LogP contribution in [0.3, 0.4) is 0 Å². The number of rotatable bonds is 2. The average molecular weight is 237 g/mol. The van der Waals surface area contributed by atoms with E-state index >= 15 is 0 Å². The van der Waals surface area contributed by atoms with Crippen molar-refractivity contribution in [3.05, 3.63) is 17.4 Å². The van der Waals surface area contributed by atoms with Crippen molar-refractivity contribution >= 4 is 30.0 Å². The van der Waals surface area contributed by atoms with E-state index in [2.05, 4.69) is 21.5 Å². The van der Waals surface area contributed by atoms with Crippen molar-refractivity contribution in [1.82, 2.24) is 15.0 Å². The van der Waals surface area contributed by atoms with Crippen molar-refractivity contribution in [2.45, 2.75) is 6.42 Å². The third-order valence-corrected chi connectivity index (χ3v) is 2.58. The van der Waals surface area contributed by atoms with Gasteiger partial charge in [0.25, 0.3) is 0 Å². The number of carbonyl (C=O) groups excluding carboxylic acids is 1. The molecule has 1 fully saturated rings. The number of H-pyrrole nitrogens is 1. The van der Waals surface area contributed by atoms with Crippen LogP contribution in [0, 0.1) is 10.7 Å². The van der Waals surface area contributed by atoms with Crippen molar-refractivity contribution in [3.8, 4) is 0 Å². The number of hydrogen-bond acceptors (Lipinski definition) is 5. The van der Waals surface area contributed by atoms with E-state index in [1.54, 1.807) is 6.08 Å². The van der Waals surface area contributed by atoms with Gasteiger partial charge in [-0.2, -0.15) is 9.97 Å². The molecule has 1 aliphatic rings. The summed E-state index contributed by atoms with van der Waals surface area (Å²) >= 11 is 4.84. The van der Waals surface area contributed by atoms with E-state index in [9.17, 15) is 4.79 Å². The minimum Gasteiger partial charge on any atom is -0.369 e. The monoisotopic (exact) mass is 237 g/mol. The van der Waals surface area contributed by atoms with Crippen molar-refractivity contribution in [1.29, 1.82) is 0 Å². The molecule has 7 heteroatoms. The van der Waals surface area contributed by atoms with Crippen LogP contribution in [0.15, 0.2) is 12.7 Å². The molecule has 0 bridgehead atoms. The fourth-order valence-corrected chi connectivity index (χ4v) is 1.80. The summed E-state index contributed by atoms with van der Waals surface area (Å²) in [6.45, 7) is 4.22. The van der Waals surface area contributed by atoms with Gasteiger partial charge < -0.3 is 5.73 Å². The summed E-state index contributed by atoms with van der Waals surface area (Å²) in [6.07, 6.45) is 2.20. The van der Waals surface area contributed by atoms with Gasteiger partial charge in [-0.1, -0.05) is 6.08 Å². The first kappa shape index (κ1) is 10.7. The summed E-state index contributed by atoms with van der Waals surface area (Å²) in [5, 5.41) is 0. The lowest BCUT2D eigenvalue weighted by Crippen LogP contribution is -2.27. The minimum absolute atomic E-state index is 0.0198. The number of nitrogens with two attached hydrogens (primary N) is 1. The molecule has 3 N–H and O–H groups in total. The molecule has 1 aromatic heterocycles. The van der Waals surface area contributed by atoms with Crippen LogP contribution in [0.4, 0.5) is 11.9 Å². The van der Waals surface area contributed by atoms with Gasteiger partial charge in [0.2, 0.25) is 22.6 Å². The summed E-state index contributed by atoms with van der Waals surface area (Å²) in [6, 6.07) is 0. The summed E-state index contributed by atoms with van der Waals surface area (Å²) in [4.78, 5) is 23.6. The maximum atomic E-state index is 11.7. The Morgan fingerprint density at radius 3 is 2.94 bits per heavy atom. The Kier molecular flexibility index (Phi) is 2.69. The smallest absolute Gasteiger partial charge is 0.229 e. The number of aromatic amines is 1. The molecule has 1 amide bonds. The van der Waals surface area contributed by atoms with E-state index in [4.69, 9.17) is 18.0 Å². The predicted molar refractivity (Wildman–Crippen MR) is 62.3 cm³/mol. The lowest BCUT2D eigenvalue weighted by molar-refractivity contribution is -0.117. The second-order valence-corrected chi connectivity index (χ2v) is 3.91. The normalized spacial score (nSPS) is 20.1. The van der Waals surface area contributed by atoms with Gasteiger partial charge in [-0.15, -0.1) is 6.58 Å². The highest BCUT2D eigenvalue weighted by Crippen LogP contribution is 2.22. The lowest BCUT2D eigenvalue weighted by atomic mass is 10.1. The Morgan fingerprint density at radius 2 is 2.38 bits per heavy atom. The van der Waals surface area contributed by atoms with Crippen molar-refractivity contribution in [2.75, 3.05) is 17.2 Å². The third kappa shape index (κ3) is 1.94. The zero-order chi connectivity index (χ0) is 11.7. The van der Waals surface area contributed by atoms with Crippen molar-refractivity contribution in [3.63, 3.8) is 0 Å². The first-order valence-electron chi connectivity index (χ1n) is 4.77. The van der Waals surface area contributed by atoms with E-state index in [-0.39, 0.29) is 22.5 Å². The van der Waals surface area contributed by atoms with Crippen molar-refractivity contribution < 1.29 is 4.79 Å². The molecule has 1 saturated heterocycles. The maximum absolute atomic E-state index is 11.7. The van der Waals surface area contributed by atoms with E-state index in [1.807, 2.05) is 0 Å². The third-order valence-electron chi connectivity index (χ3n) is 2.40. The Morgan fingerprint density at radius 1 is 1.62 bits per heavy atom. The van der Waals surface area contributed by atoms with Crippen LogP contribution in [0.2, 0.25) is 0 Å². The Hall–Kier alpha value is -1.76. The fourth-order valence-electron chi connectivity index (χ4n) is 1.61. The zero-order valence-corrected chi connectivity index (χ0v) is 9.33. The van der Waals surface area contributed by atoms with Crippen LogP contribution in [0.1, 0.15) is 6.42 Å². The van der Waals surface area contributed by atoms with Crippen LogP contribution in [-0.4, -0.2) is 27.4 Å². The number of amides is 1. The summed E-state index contributed by atoms with van der Waals surface area (Å²) < 4.78 is 0.126. The molecular weight excluding hydrogens is 226 g/mol. The molecule has 0 aliphatic carbocycles. The molecular formula is C9H11N5OS. The molecule has 1 unspecified atom stereocenters. The van der Waals surface area contributed by atoms with Gasteiger partial charge in [0.1, 0.15) is 0 Å². The van der Waals surface area contributed by atoms with Crippen LogP contribution in [-0.2, 0) is 4.79 Å². The SMILES string of the molecule is C=CC1CC(=O)N(c2nc(=S)nc(N)[nH]2)C1. The van der Waals surface area contributed by atoms with E-state index in [0.717, 1.165) is 0 Å². The van der Waals surface area contributed by atoms with Crippen LogP contribution >= 0.6 is 12.2 Å². The highest BCUT2D eigenvalue weighted by molar-refractivity contribution is 7.71. The standard InChI is InChI=1S/C9H11N5OS/c1-2-5-3-6(15)14(4-5)8-11-7(10)12-9(16)13-8/h2,5H,1,3-4H2,(H3,10,11,12,13,16). The molecule has 2 rings (SSSR count). The Bertz CT molecular complexity index is 497. The molecule has 84 valence electrons. The molecule has 0 aromatic carbocycles. The molecule has 1 aliphatic heterocycles. The second kappa shape index (κ2) is 4.01. The van der Waals surface area contributed by atoms with E-state index in [0.29, 0.717) is 18.9 Å². The fraction of sp³-hybridized carbons (Fsp3) is 0.333. The predicted octanol–water partition coefficient (Wildman–Crippen LogP) is 0.655. The molecule has 6 nitrogen and oxygen atoms in total. The van der Waals surface area contributed by atoms with Crippen molar-refractivity contribution in [2.24, 2.45) is 5.92 Å². The molecule has 16 heavy (non-hydrogen) atoms. The first-order valence-corrected chi connectivity index (χ1v) is 5.17. The quantitative estimate of drug-likeness (QED) is 0.582. The number of nitrogens with one attached hydrogen (secondary N) is 1. The number of nitrogen functional groups attached to an aromatic ring is 1. The van der Waals surface area contributed by atoms with Gasteiger partial charge >= 0.3 is 0 Å². The molecule has 0 saturated carbocycles. The van der Waals surface area contributed by atoms with Gasteiger partial charge in [-0.3, -0.25) is 14.7 Å². The topological polar surface area (TPSA) is 87.9 Å². The van der Waals surface area contributed by atoms with Gasteiger partial charge in [0.15, 0.2) is 0 Å². The average Bonchev–Trinajstić information content (AvgIpc) is 2.58. The molecule has 0 radical (unpaired) electrons. The van der Waals surface area contributed by atoms with Gasteiger partial charge in [0.05, 0.1) is 0 Å². The van der Waals surface area contributed by atoms with Crippen LogP contribution in [0.25, 0.3) is 0 Å². The largest absolute Gasteiger partial charge is 0.369 e. The molecule has 1 atom stereocenters. The summed E-state index contributed by atoms with van der Waals surface area (Å²) in [5.41, 5.74) is 5.51. The lowest BCUT2D eigenvalue weighted by Gasteiger charge is -2.14. The highest BCUT2D eigenvalue weighted by atomic mass is 32.1. The number of anilines is 2. The number of hydrogen-bond donors (Lipinski definition) is 2. The molecule has 1 aromatic rings. The van der Waals surface area contributed by atoms with E-state index < -0.39 is 0 Å². The maximum Gasteiger partial charge on any atom is 0.229 e.